The molecule has 96 valence electrons. The zero-order chi connectivity index (χ0) is 12.6. The van der Waals surface area contributed by atoms with Gasteiger partial charge in [-0.3, -0.25) is 8.98 Å². The minimum Gasteiger partial charge on any atom is -0.481 e. The molecule has 0 aromatic carbocycles. The molecule has 0 fully saturated rings. The van der Waals surface area contributed by atoms with Gasteiger partial charge in [-0.1, -0.05) is 29.0 Å². The lowest BCUT2D eigenvalue weighted by Gasteiger charge is -2.08. The van der Waals surface area contributed by atoms with Crippen molar-refractivity contribution in [3.05, 3.63) is 0 Å². The second-order valence-electron chi connectivity index (χ2n) is 3.55. The highest BCUT2D eigenvalue weighted by Gasteiger charge is 2.07. The van der Waals surface area contributed by atoms with Crippen LogP contribution in [-0.4, -0.2) is 36.3 Å². The summed E-state index contributed by atoms with van der Waals surface area (Å²) in [5.41, 5.74) is 0. The van der Waals surface area contributed by atoms with Gasteiger partial charge in [0.1, 0.15) is 0 Å². The molecule has 5 nitrogen and oxygen atoms in total. The van der Waals surface area contributed by atoms with Gasteiger partial charge in [-0.2, -0.15) is 8.42 Å². The van der Waals surface area contributed by atoms with E-state index >= 15 is 0 Å². The van der Waals surface area contributed by atoms with Crippen molar-refractivity contribution in [1.29, 1.82) is 0 Å². The molecule has 1 atom stereocenters. The Balaban J connectivity index is 3.45. The number of alkyl halides is 1. The van der Waals surface area contributed by atoms with E-state index in [2.05, 4.69) is 26.8 Å². The molecule has 7 heteroatoms. The number of rotatable bonds is 9. The van der Waals surface area contributed by atoms with Gasteiger partial charge in [-0.05, 0) is 19.3 Å². The number of hydrogen-bond acceptors (Lipinski definition) is 4. The first-order valence-corrected chi connectivity index (χ1v) is 8.08. The van der Waals surface area contributed by atoms with Crippen molar-refractivity contribution >= 4 is 38.7 Å². The van der Waals surface area contributed by atoms with Crippen molar-refractivity contribution in [3.63, 3.8) is 0 Å². The molecule has 0 spiro atoms. The minimum atomic E-state index is -3.34. The van der Waals surface area contributed by atoms with Crippen molar-refractivity contribution in [2.45, 2.75) is 36.0 Å². The highest BCUT2D eigenvalue weighted by Crippen LogP contribution is 2.15. The van der Waals surface area contributed by atoms with Crippen LogP contribution in [0.5, 0.6) is 0 Å². The van der Waals surface area contributed by atoms with Gasteiger partial charge in [-0.15, -0.1) is 0 Å². The molecule has 0 aromatic heterocycles. The average molecular weight is 364 g/mol. The largest absolute Gasteiger partial charge is 0.481 e. The van der Waals surface area contributed by atoms with Gasteiger partial charge >= 0.3 is 5.97 Å². The van der Waals surface area contributed by atoms with Gasteiger partial charge in [0.25, 0.3) is 10.1 Å². The molecule has 0 unspecified atom stereocenters. The first-order valence-electron chi connectivity index (χ1n) is 5.01. The smallest absolute Gasteiger partial charge is 0.303 e. The van der Waals surface area contributed by atoms with Crippen molar-refractivity contribution in [3.8, 4) is 0 Å². The molecule has 0 bridgehead atoms. The van der Waals surface area contributed by atoms with Gasteiger partial charge in [0, 0.05) is 10.3 Å². The predicted molar refractivity (Wildman–Crippen MR) is 69.3 cm³/mol. The molecule has 0 amide bonds. The summed E-state index contributed by atoms with van der Waals surface area (Å²) in [5.74, 6) is -0.773. The average Bonchev–Trinajstić information content (AvgIpc) is 2.10. The summed E-state index contributed by atoms with van der Waals surface area (Å²) in [5, 5.41) is 8.42. The Labute approximate surface area is 110 Å². The topological polar surface area (TPSA) is 80.7 Å². The molecule has 0 aliphatic rings. The van der Waals surface area contributed by atoms with Crippen molar-refractivity contribution in [2.75, 3.05) is 12.9 Å². The first kappa shape index (κ1) is 16.1. The Bertz CT molecular complexity index is 301. The van der Waals surface area contributed by atoms with Crippen molar-refractivity contribution in [2.24, 2.45) is 0 Å². The number of carboxylic acids is 1. The Morgan fingerprint density at radius 2 is 2.00 bits per heavy atom. The maximum absolute atomic E-state index is 10.7. The summed E-state index contributed by atoms with van der Waals surface area (Å²) in [6.07, 6.45) is 4.30. The van der Waals surface area contributed by atoms with Crippen LogP contribution >= 0.6 is 22.6 Å². The van der Waals surface area contributed by atoms with Crippen molar-refractivity contribution < 1.29 is 22.5 Å². The van der Waals surface area contributed by atoms with E-state index in [9.17, 15) is 13.2 Å². The van der Waals surface area contributed by atoms with E-state index in [-0.39, 0.29) is 13.0 Å². The molecule has 0 aliphatic carbocycles. The van der Waals surface area contributed by atoms with E-state index in [1.54, 1.807) is 0 Å². The molecule has 0 radical (unpaired) electrons. The monoisotopic (exact) mass is 364 g/mol. The van der Waals surface area contributed by atoms with Crippen LogP contribution in [0.4, 0.5) is 0 Å². The predicted octanol–water partition coefficient (Wildman–Crippen LogP) is 1.80. The lowest BCUT2D eigenvalue weighted by molar-refractivity contribution is -0.137. The van der Waals surface area contributed by atoms with Crippen LogP contribution < -0.4 is 0 Å². The highest BCUT2D eigenvalue weighted by atomic mass is 127. The third kappa shape index (κ3) is 12.2. The summed E-state index contributed by atoms with van der Waals surface area (Å²) in [6, 6.07) is 0. The maximum Gasteiger partial charge on any atom is 0.303 e. The standard InChI is InChI=1S/C9H17IO5S/c1-16(13,14)15-7-6-8(10)4-2-3-5-9(11)12/h8H,2-7H2,1H3,(H,11,12)/t8-/m0/s1. The van der Waals surface area contributed by atoms with Crippen LogP contribution in [0, 0.1) is 0 Å². The maximum atomic E-state index is 10.7. The summed E-state index contributed by atoms with van der Waals surface area (Å²) < 4.78 is 26.3. The Morgan fingerprint density at radius 1 is 1.38 bits per heavy atom. The minimum absolute atomic E-state index is 0.198. The molecule has 0 aromatic rings. The van der Waals surface area contributed by atoms with Gasteiger partial charge in [0.2, 0.25) is 0 Å². The molecule has 1 N–H and O–H groups in total. The third-order valence-corrected chi connectivity index (χ3v) is 3.73. The van der Waals surface area contributed by atoms with Gasteiger partial charge in [-0.25, -0.2) is 0 Å². The molecule has 0 aliphatic heterocycles. The van der Waals surface area contributed by atoms with Crippen LogP contribution in [0.3, 0.4) is 0 Å². The van der Waals surface area contributed by atoms with E-state index < -0.39 is 16.1 Å². The Kier molecular flexibility index (Phi) is 8.29. The number of carboxylic acid groups (broad SMARTS) is 1. The zero-order valence-corrected chi connectivity index (χ0v) is 12.2. The summed E-state index contributed by atoms with van der Waals surface area (Å²) in [7, 11) is -3.34. The number of unbranched alkanes of at least 4 members (excludes halogenated alkanes) is 1. The Morgan fingerprint density at radius 3 is 2.50 bits per heavy atom. The molecular formula is C9H17IO5S. The second-order valence-corrected chi connectivity index (χ2v) is 6.96. The molecular weight excluding hydrogens is 347 g/mol. The number of hydrogen-bond donors (Lipinski definition) is 1. The first-order chi connectivity index (χ1) is 7.31. The van der Waals surface area contributed by atoms with Crippen molar-refractivity contribution in [1.82, 2.24) is 0 Å². The molecule has 0 saturated carbocycles. The molecule has 0 rings (SSSR count). The fourth-order valence-corrected chi connectivity index (χ4v) is 2.21. The Hall–Kier alpha value is 0.110. The van der Waals surface area contributed by atoms with E-state index in [1.807, 2.05) is 0 Å². The fourth-order valence-electron chi connectivity index (χ4n) is 1.11. The molecule has 0 saturated heterocycles. The SMILES string of the molecule is CS(=O)(=O)OCC[C@@H](I)CCCCC(=O)O. The third-order valence-electron chi connectivity index (χ3n) is 1.89. The van der Waals surface area contributed by atoms with Crippen LogP contribution in [0.1, 0.15) is 32.1 Å². The summed E-state index contributed by atoms with van der Waals surface area (Å²) >= 11 is 2.23. The van der Waals surface area contributed by atoms with E-state index in [4.69, 9.17) is 5.11 Å². The summed E-state index contributed by atoms with van der Waals surface area (Å²) in [4.78, 5) is 10.2. The van der Waals surface area contributed by atoms with Crippen LogP contribution in [0.15, 0.2) is 0 Å². The molecule has 16 heavy (non-hydrogen) atoms. The van der Waals surface area contributed by atoms with E-state index in [1.165, 1.54) is 0 Å². The normalized spacial score (nSPS) is 13.6. The number of carbonyl (C=O) groups is 1. The van der Waals surface area contributed by atoms with Crippen LogP contribution in [0.25, 0.3) is 0 Å². The number of halogens is 1. The molecule has 0 heterocycles. The lowest BCUT2D eigenvalue weighted by atomic mass is 10.1. The van der Waals surface area contributed by atoms with E-state index in [0.29, 0.717) is 16.8 Å². The number of aliphatic carboxylic acids is 1. The van der Waals surface area contributed by atoms with Crippen LogP contribution in [-0.2, 0) is 19.1 Å². The lowest BCUT2D eigenvalue weighted by Crippen LogP contribution is -2.09. The second kappa shape index (κ2) is 8.24. The van der Waals surface area contributed by atoms with Crippen LogP contribution in [0.2, 0.25) is 0 Å². The van der Waals surface area contributed by atoms with Gasteiger partial charge < -0.3 is 5.11 Å². The van der Waals surface area contributed by atoms with E-state index in [0.717, 1.165) is 19.1 Å². The van der Waals surface area contributed by atoms with Gasteiger partial charge in [0.05, 0.1) is 12.9 Å². The van der Waals surface area contributed by atoms with Gasteiger partial charge in [0.15, 0.2) is 0 Å². The quantitative estimate of drug-likeness (QED) is 0.292. The summed E-state index contributed by atoms with van der Waals surface area (Å²) in [6.45, 7) is 0.200. The highest BCUT2D eigenvalue weighted by molar-refractivity contribution is 14.1. The zero-order valence-electron chi connectivity index (χ0n) is 9.19. The fraction of sp³-hybridized carbons (Fsp3) is 0.889.